The van der Waals surface area contributed by atoms with E-state index in [-0.39, 0.29) is 6.10 Å². The molecule has 0 aromatic carbocycles. The molecule has 0 aromatic heterocycles. The maximum absolute atomic E-state index is 11.0. The van der Waals surface area contributed by atoms with Gasteiger partial charge in [-0.1, -0.05) is 32.4 Å². The summed E-state index contributed by atoms with van der Waals surface area (Å²) in [6.45, 7) is 7.33. The molecule has 2 N–H and O–H groups in total. The first-order valence-corrected chi connectivity index (χ1v) is 11.3. The van der Waals surface area contributed by atoms with Crippen molar-refractivity contribution in [2.24, 2.45) is 40.4 Å². The van der Waals surface area contributed by atoms with Crippen LogP contribution in [0.15, 0.2) is 11.6 Å². The van der Waals surface area contributed by atoms with E-state index in [1.54, 1.807) is 5.57 Å². The lowest BCUT2D eigenvalue weighted by atomic mass is 9.47. The van der Waals surface area contributed by atoms with Crippen LogP contribution in [0.5, 0.6) is 0 Å². The number of aliphatic hydroxyl groups is 1. The molecule has 0 heterocycles. The normalized spacial score (nSPS) is 47.4. The van der Waals surface area contributed by atoms with Gasteiger partial charge in [-0.05, 0) is 98.2 Å². The van der Waals surface area contributed by atoms with Gasteiger partial charge in [0.2, 0.25) is 0 Å². The van der Waals surface area contributed by atoms with Crippen LogP contribution in [0.25, 0.3) is 0 Å². The highest BCUT2D eigenvalue weighted by Gasteiger charge is 2.59. The van der Waals surface area contributed by atoms with Crippen LogP contribution in [-0.2, 0) is 4.79 Å². The van der Waals surface area contributed by atoms with Gasteiger partial charge in [-0.3, -0.25) is 4.79 Å². The Morgan fingerprint density at radius 2 is 1.96 bits per heavy atom. The highest BCUT2D eigenvalue weighted by atomic mass is 16.4. The van der Waals surface area contributed by atoms with E-state index in [9.17, 15) is 9.90 Å². The van der Waals surface area contributed by atoms with E-state index < -0.39 is 5.97 Å². The van der Waals surface area contributed by atoms with E-state index in [2.05, 4.69) is 26.8 Å². The number of carboxylic acids is 1. The molecule has 0 aliphatic heterocycles. The van der Waals surface area contributed by atoms with Crippen molar-refractivity contribution in [3.63, 3.8) is 0 Å². The minimum atomic E-state index is -0.650. The van der Waals surface area contributed by atoms with Gasteiger partial charge in [-0.2, -0.15) is 0 Å². The van der Waals surface area contributed by atoms with Crippen LogP contribution in [-0.4, -0.2) is 22.3 Å². The fraction of sp³-hybridized carbons (Fsp3) is 0.875. The van der Waals surface area contributed by atoms with Crippen LogP contribution in [0.4, 0.5) is 0 Å². The predicted molar refractivity (Wildman–Crippen MR) is 107 cm³/mol. The molecular weight excluding hydrogens is 336 g/mol. The minimum Gasteiger partial charge on any atom is -0.481 e. The molecule has 0 aromatic rings. The molecule has 3 saturated carbocycles. The summed E-state index contributed by atoms with van der Waals surface area (Å²) in [7, 11) is 0. The summed E-state index contributed by atoms with van der Waals surface area (Å²) in [6, 6.07) is 0. The number of fused-ring (bicyclic) bond motifs is 5. The molecule has 27 heavy (non-hydrogen) atoms. The van der Waals surface area contributed by atoms with Gasteiger partial charge in [0, 0.05) is 6.42 Å². The fourth-order valence-corrected chi connectivity index (χ4v) is 8.17. The lowest BCUT2D eigenvalue weighted by Gasteiger charge is -2.58. The third kappa shape index (κ3) is 3.09. The van der Waals surface area contributed by atoms with Crippen LogP contribution in [0.1, 0.15) is 85.0 Å². The summed E-state index contributed by atoms with van der Waals surface area (Å²) >= 11 is 0. The summed E-state index contributed by atoms with van der Waals surface area (Å²) in [5, 5.41) is 19.2. The number of carbonyl (C=O) groups is 1. The SMILES string of the molecule is C[C@@H](CCC(=O)O)[C@H]1CC[C@H]2[C@@H]3CC=C4C[C@@H](O)CC[C@]4(C)[C@H]3CC[C@]12C. The highest BCUT2D eigenvalue weighted by molar-refractivity contribution is 5.66. The molecule has 8 atom stereocenters. The largest absolute Gasteiger partial charge is 0.481 e. The summed E-state index contributed by atoms with van der Waals surface area (Å²) < 4.78 is 0. The molecule has 0 unspecified atom stereocenters. The van der Waals surface area contributed by atoms with Crippen LogP contribution in [0, 0.1) is 40.4 Å². The smallest absolute Gasteiger partial charge is 0.303 e. The van der Waals surface area contributed by atoms with E-state index in [4.69, 9.17) is 5.11 Å². The molecule has 4 aliphatic rings. The van der Waals surface area contributed by atoms with Gasteiger partial charge in [0.1, 0.15) is 0 Å². The predicted octanol–water partition coefficient (Wildman–Crippen LogP) is 5.43. The van der Waals surface area contributed by atoms with Crippen molar-refractivity contribution >= 4 is 5.97 Å². The van der Waals surface area contributed by atoms with Gasteiger partial charge in [-0.15, -0.1) is 0 Å². The second kappa shape index (κ2) is 6.90. The lowest BCUT2D eigenvalue weighted by Crippen LogP contribution is -2.50. The Morgan fingerprint density at radius 1 is 1.19 bits per heavy atom. The Hall–Kier alpha value is -0.830. The van der Waals surface area contributed by atoms with Crippen molar-refractivity contribution in [1.82, 2.24) is 0 Å². The fourth-order valence-electron chi connectivity index (χ4n) is 8.17. The van der Waals surface area contributed by atoms with E-state index in [1.165, 1.54) is 32.1 Å². The summed E-state index contributed by atoms with van der Waals surface area (Å²) in [6.07, 6.45) is 13.0. The maximum Gasteiger partial charge on any atom is 0.303 e. The number of carboxylic acid groups (broad SMARTS) is 1. The second-order valence-corrected chi connectivity index (χ2v) is 10.8. The molecule has 0 bridgehead atoms. The third-order valence-corrected chi connectivity index (χ3v) is 9.65. The van der Waals surface area contributed by atoms with Crippen molar-refractivity contribution in [2.75, 3.05) is 0 Å². The average molecular weight is 375 g/mol. The number of hydrogen-bond donors (Lipinski definition) is 2. The first-order chi connectivity index (χ1) is 12.8. The average Bonchev–Trinajstić information content (AvgIpc) is 2.97. The summed E-state index contributed by atoms with van der Waals surface area (Å²) in [5.41, 5.74) is 2.27. The third-order valence-electron chi connectivity index (χ3n) is 9.65. The van der Waals surface area contributed by atoms with E-state index in [0.29, 0.717) is 29.1 Å². The molecule has 3 heteroatoms. The quantitative estimate of drug-likeness (QED) is 0.645. The molecule has 0 saturated heterocycles. The van der Waals surface area contributed by atoms with Gasteiger partial charge in [0.05, 0.1) is 6.10 Å². The van der Waals surface area contributed by atoms with Gasteiger partial charge >= 0.3 is 5.97 Å². The Bertz CT molecular complexity index is 625. The van der Waals surface area contributed by atoms with E-state index in [1.807, 2.05) is 0 Å². The monoisotopic (exact) mass is 374 g/mol. The molecule has 3 nitrogen and oxygen atoms in total. The summed E-state index contributed by atoms with van der Waals surface area (Å²) in [5.74, 6) is 2.94. The molecule has 4 rings (SSSR count). The number of aliphatic hydroxyl groups excluding tert-OH is 1. The van der Waals surface area contributed by atoms with Crippen LogP contribution < -0.4 is 0 Å². The Kier molecular flexibility index (Phi) is 4.98. The second-order valence-electron chi connectivity index (χ2n) is 10.8. The van der Waals surface area contributed by atoms with Crippen molar-refractivity contribution in [1.29, 1.82) is 0 Å². The number of hydrogen-bond acceptors (Lipinski definition) is 2. The first-order valence-electron chi connectivity index (χ1n) is 11.3. The van der Waals surface area contributed by atoms with Gasteiger partial charge in [0.15, 0.2) is 0 Å². The molecule has 0 spiro atoms. The zero-order valence-corrected chi connectivity index (χ0v) is 17.4. The zero-order chi connectivity index (χ0) is 19.4. The van der Waals surface area contributed by atoms with Crippen LogP contribution >= 0.6 is 0 Å². The topological polar surface area (TPSA) is 57.5 Å². The number of allylic oxidation sites excluding steroid dienone is 1. The van der Waals surface area contributed by atoms with Crippen molar-refractivity contribution < 1.29 is 15.0 Å². The molecule has 152 valence electrons. The number of aliphatic carboxylic acids is 1. The summed E-state index contributed by atoms with van der Waals surface area (Å²) in [4.78, 5) is 11.0. The standard InChI is InChI=1S/C24H38O3/c1-15(4-9-22(26)27)19-7-8-20-18-6-5-16-14-17(25)10-12-23(16,2)21(18)11-13-24(19,20)3/h5,15,17-21,25H,4,6-14H2,1-3H3,(H,26,27)/t15-,17-,18-,19+,20-,21-,23-,24+/m0/s1. The minimum absolute atomic E-state index is 0.124. The van der Waals surface area contributed by atoms with E-state index in [0.717, 1.165) is 43.4 Å². The molecule has 3 fully saturated rings. The molecule has 4 aliphatic carbocycles. The zero-order valence-electron chi connectivity index (χ0n) is 17.4. The van der Waals surface area contributed by atoms with Crippen molar-refractivity contribution in [3.05, 3.63) is 11.6 Å². The van der Waals surface area contributed by atoms with Crippen molar-refractivity contribution in [2.45, 2.75) is 91.1 Å². The lowest BCUT2D eigenvalue weighted by molar-refractivity contribution is -0.137. The molecule has 0 radical (unpaired) electrons. The highest BCUT2D eigenvalue weighted by Crippen LogP contribution is 2.67. The van der Waals surface area contributed by atoms with Crippen LogP contribution in [0.3, 0.4) is 0 Å². The Balaban J connectivity index is 1.54. The maximum atomic E-state index is 11.0. The van der Waals surface area contributed by atoms with E-state index >= 15 is 0 Å². The van der Waals surface area contributed by atoms with Gasteiger partial charge in [0.25, 0.3) is 0 Å². The van der Waals surface area contributed by atoms with Crippen molar-refractivity contribution in [3.8, 4) is 0 Å². The first kappa shape index (κ1) is 19.5. The number of rotatable bonds is 4. The van der Waals surface area contributed by atoms with Gasteiger partial charge < -0.3 is 10.2 Å². The Morgan fingerprint density at radius 3 is 2.70 bits per heavy atom. The van der Waals surface area contributed by atoms with Gasteiger partial charge in [-0.25, -0.2) is 0 Å². The Labute approximate surface area is 164 Å². The van der Waals surface area contributed by atoms with Crippen LogP contribution in [0.2, 0.25) is 0 Å². The molecular formula is C24H38O3. The molecule has 0 amide bonds.